The van der Waals surface area contributed by atoms with Crippen molar-refractivity contribution >= 4 is 5.96 Å². The topological polar surface area (TPSA) is 71.7 Å². The number of guanidine groups is 1. The molecule has 0 aliphatic rings. The zero-order valence-corrected chi connectivity index (χ0v) is 13.6. The van der Waals surface area contributed by atoms with E-state index in [4.69, 9.17) is 9.26 Å². The van der Waals surface area contributed by atoms with E-state index in [0.29, 0.717) is 19.1 Å². The van der Waals surface area contributed by atoms with E-state index in [1.54, 1.807) is 7.05 Å². The van der Waals surface area contributed by atoms with Gasteiger partial charge in [0.05, 0.1) is 18.8 Å². The van der Waals surface area contributed by atoms with Crippen LogP contribution < -0.4 is 10.6 Å². The number of nitrogens with one attached hydrogen (secondary N) is 2. The molecule has 1 aromatic rings. The average Bonchev–Trinajstić information content (AvgIpc) is 2.97. The van der Waals surface area contributed by atoms with Crippen LogP contribution in [0, 0.1) is 0 Å². The molecule has 0 saturated carbocycles. The van der Waals surface area contributed by atoms with Crippen LogP contribution in [0.4, 0.5) is 0 Å². The van der Waals surface area contributed by atoms with Gasteiger partial charge < -0.3 is 19.9 Å². The minimum Gasteiger partial charge on any atom is -0.380 e. The van der Waals surface area contributed by atoms with E-state index in [-0.39, 0.29) is 0 Å². The van der Waals surface area contributed by atoms with E-state index >= 15 is 0 Å². The standard InChI is InChI=1S/C15H28N4O2/c1-5-12(6-2)14-10-13(21-19-14)11-18-15(16-4)17-8-9-20-7-3/h10,12H,5-9,11H2,1-4H3,(H2,16,17,18). The van der Waals surface area contributed by atoms with E-state index in [9.17, 15) is 0 Å². The van der Waals surface area contributed by atoms with Crippen LogP contribution in [0.15, 0.2) is 15.6 Å². The molecule has 0 bridgehead atoms. The van der Waals surface area contributed by atoms with Crippen LogP contribution in [0.2, 0.25) is 0 Å². The summed E-state index contributed by atoms with van der Waals surface area (Å²) >= 11 is 0. The van der Waals surface area contributed by atoms with Gasteiger partial charge in [-0.3, -0.25) is 4.99 Å². The van der Waals surface area contributed by atoms with Crippen molar-refractivity contribution in [1.82, 2.24) is 15.8 Å². The van der Waals surface area contributed by atoms with Crippen LogP contribution in [0.5, 0.6) is 0 Å². The number of aromatic nitrogens is 1. The zero-order valence-electron chi connectivity index (χ0n) is 13.6. The first-order chi connectivity index (χ1) is 10.2. The summed E-state index contributed by atoms with van der Waals surface area (Å²) in [4.78, 5) is 4.15. The molecule has 2 N–H and O–H groups in total. The van der Waals surface area contributed by atoms with Crippen LogP contribution in [0.3, 0.4) is 0 Å². The van der Waals surface area contributed by atoms with E-state index in [2.05, 4.69) is 34.6 Å². The second-order valence-electron chi connectivity index (χ2n) is 4.78. The molecule has 0 saturated heterocycles. The number of rotatable bonds is 9. The maximum Gasteiger partial charge on any atom is 0.191 e. The second kappa shape index (κ2) is 10.2. The first-order valence-corrected chi connectivity index (χ1v) is 7.72. The van der Waals surface area contributed by atoms with E-state index in [1.165, 1.54) is 0 Å². The van der Waals surface area contributed by atoms with Gasteiger partial charge in [-0.1, -0.05) is 19.0 Å². The molecule has 21 heavy (non-hydrogen) atoms. The van der Waals surface area contributed by atoms with Gasteiger partial charge in [0.15, 0.2) is 11.7 Å². The van der Waals surface area contributed by atoms with Crippen LogP contribution in [0.1, 0.15) is 51.0 Å². The molecule has 6 nitrogen and oxygen atoms in total. The normalized spacial score (nSPS) is 12.0. The highest BCUT2D eigenvalue weighted by molar-refractivity contribution is 5.79. The van der Waals surface area contributed by atoms with Gasteiger partial charge in [0.25, 0.3) is 0 Å². The minimum absolute atomic E-state index is 0.478. The first kappa shape index (κ1) is 17.5. The Morgan fingerprint density at radius 2 is 2.10 bits per heavy atom. The fourth-order valence-corrected chi connectivity index (χ4v) is 2.09. The monoisotopic (exact) mass is 296 g/mol. The van der Waals surface area contributed by atoms with Crippen molar-refractivity contribution in [2.45, 2.75) is 46.1 Å². The quantitative estimate of drug-likeness (QED) is 0.415. The highest BCUT2D eigenvalue weighted by Crippen LogP contribution is 2.22. The maximum absolute atomic E-state index is 5.37. The maximum atomic E-state index is 5.37. The lowest BCUT2D eigenvalue weighted by Crippen LogP contribution is -2.38. The van der Waals surface area contributed by atoms with Crippen LogP contribution >= 0.6 is 0 Å². The van der Waals surface area contributed by atoms with Crippen LogP contribution in [-0.2, 0) is 11.3 Å². The third kappa shape index (κ3) is 6.16. The summed E-state index contributed by atoms with van der Waals surface area (Å²) in [6, 6.07) is 2.03. The van der Waals surface area contributed by atoms with Crippen molar-refractivity contribution in [3.05, 3.63) is 17.5 Å². The molecule has 0 unspecified atom stereocenters. The molecular formula is C15H28N4O2. The molecule has 0 radical (unpaired) electrons. The Morgan fingerprint density at radius 3 is 2.71 bits per heavy atom. The number of ether oxygens (including phenoxy) is 1. The van der Waals surface area contributed by atoms with Gasteiger partial charge in [0, 0.05) is 32.2 Å². The summed E-state index contributed by atoms with van der Waals surface area (Å²) in [5.41, 5.74) is 1.04. The van der Waals surface area contributed by atoms with E-state index < -0.39 is 0 Å². The molecule has 6 heteroatoms. The molecule has 0 aromatic carbocycles. The molecular weight excluding hydrogens is 268 g/mol. The van der Waals surface area contributed by atoms with Crippen molar-refractivity contribution in [3.8, 4) is 0 Å². The van der Waals surface area contributed by atoms with Crippen molar-refractivity contribution in [3.63, 3.8) is 0 Å². The molecule has 0 spiro atoms. The molecule has 0 amide bonds. The Bertz CT molecular complexity index is 414. The summed E-state index contributed by atoms with van der Waals surface area (Å²) < 4.78 is 10.6. The average molecular weight is 296 g/mol. The zero-order chi connectivity index (χ0) is 15.5. The summed E-state index contributed by atoms with van der Waals surface area (Å²) in [6.45, 7) is 9.01. The first-order valence-electron chi connectivity index (χ1n) is 7.72. The van der Waals surface area contributed by atoms with Crippen molar-refractivity contribution < 1.29 is 9.26 Å². The Morgan fingerprint density at radius 1 is 1.33 bits per heavy atom. The lowest BCUT2D eigenvalue weighted by atomic mass is 9.99. The van der Waals surface area contributed by atoms with Crippen molar-refractivity contribution in [2.75, 3.05) is 26.8 Å². The molecule has 1 aromatic heterocycles. The summed E-state index contributed by atoms with van der Waals surface area (Å²) in [5.74, 6) is 2.03. The fraction of sp³-hybridized carbons (Fsp3) is 0.733. The summed E-state index contributed by atoms with van der Waals surface area (Å²) in [6.07, 6.45) is 2.16. The predicted octanol–water partition coefficient (Wildman–Crippen LogP) is 2.28. The number of nitrogens with zero attached hydrogens (tertiary/aromatic N) is 2. The van der Waals surface area contributed by atoms with Gasteiger partial charge in [-0.25, -0.2) is 0 Å². The molecule has 0 aliphatic carbocycles. The van der Waals surface area contributed by atoms with Gasteiger partial charge >= 0.3 is 0 Å². The highest BCUT2D eigenvalue weighted by atomic mass is 16.5. The number of hydrogen-bond acceptors (Lipinski definition) is 4. The summed E-state index contributed by atoms with van der Waals surface area (Å²) in [5, 5.41) is 10.5. The Labute approximate surface area is 127 Å². The third-order valence-electron chi connectivity index (χ3n) is 3.38. The summed E-state index contributed by atoms with van der Waals surface area (Å²) in [7, 11) is 1.74. The van der Waals surface area contributed by atoms with Gasteiger partial charge in [0.2, 0.25) is 0 Å². The van der Waals surface area contributed by atoms with E-state index in [1.807, 2.05) is 13.0 Å². The fourth-order valence-electron chi connectivity index (χ4n) is 2.09. The molecule has 0 aliphatic heterocycles. The van der Waals surface area contributed by atoms with Gasteiger partial charge in [-0.05, 0) is 19.8 Å². The smallest absolute Gasteiger partial charge is 0.191 e. The lowest BCUT2D eigenvalue weighted by Gasteiger charge is -2.10. The van der Waals surface area contributed by atoms with Gasteiger partial charge in [-0.15, -0.1) is 0 Å². The van der Waals surface area contributed by atoms with E-state index in [0.717, 1.165) is 43.4 Å². The van der Waals surface area contributed by atoms with Crippen molar-refractivity contribution in [1.29, 1.82) is 0 Å². The molecule has 1 heterocycles. The predicted molar refractivity (Wildman–Crippen MR) is 84.5 cm³/mol. The molecule has 120 valence electrons. The lowest BCUT2D eigenvalue weighted by molar-refractivity contribution is 0.152. The highest BCUT2D eigenvalue weighted by Gasteiger charge is 2.12. The molecule has 0 fully saturated rings. The Hall–Kier alpha value is -1.56. The minimum atomic E-state index is 0.478. The Kier molecular flexibility index (Phi) is 8.50. The SMILES string of the molecule is CCOCCNC(=NC)NCc1cc(C(CC)CC)no1. The Balaban J connectivity index is 2.39. The second-order valence-corrected chi connectivity index (χ2v) is 4.78. The third-order valence-corrected chi connectivity index (χ3v) is 3.38. The number of aliphatic imine (C=N–C) groups is 1. The largest absolute Gasteiger partial charge is 0.380 e. The van der Waals surface area contributed by atoms with Gasteiger partial charge in [-0.2, -0.15) is 0 Å². The van der Waals surface area contributed by atoms with Crippen molar-refractivity contribution in [2.24, 2.45) is 4.99 Å². The molecule has 1 rings (SSSR count). The number of hydrogen-bond donors (Lipinski definition) is 2. The molecule has 0 atom stereocenters. The van der Waals surface area contributed by atoms with Gasteiger partial charge in [0.1, 0.15) is 0 Å². The van der Waals surface area contributed by atoms with Crippen LogP contribution in [-0.4, -0.2) is 37.9 Å². The van der Waals surface area contributed by atoms with Crippen LogP contribution in [0.25, 0.3) is 0 Å².